The molecule has 92 valence electrons. The van der Waals surface area contributed by atoms with Crippen LogP contribution in [0.3, 0.4) is 0 Å². The molecule has 0 fully saturated rings. The van der Waals surface area contributed by atoms with Crippen LogP contribution >= 0.6 is 46.3 Å². The van der Waals surface area contributed by atoms with Crippen LogP contribution in [0.5, 0.6) is 0 Å². The third-order valence-electron chi connectivity index (χ3n) is 1.83. The first-order chi connectivity index (χ1) is 7.08. The van der Waals surface area contributed by atoms with Crippen molar-refractivity contribution in [3.8, 4) is 0 Å². The van der Waals surface area contributed by atoms with Crippen LogP contribution in [0.1, 0.15) is 18.2 Å². The number of carbonyl (C=O) groups excluding carboxylic acids is 1. The van der Waals surface area contributed by atoms with Gasteiger partial charge in [-0.2, -0.15) is 0 Å². The molecule has 1 aromatic heterocycles. The number of thiophene rings is 1. The van der Waals surface area contributed by atoms with Gasteiger partial charge in [0, 0.05) is 23.9 Å². The Kier molecular flexibility index (Phi) is 8.35. The Bertz CT molecular complexity index is 330. The van der Waals surface area contributed by atoms with Crippen LogP contribution in [0.2, 0.25) is 0 Å². The summed E-state index contributed by atoms with van der Waals surface area (Å²) in [6.45, 7) is 2.53. The van der Waals surface area contributed by atoms with Crippen LogP contribution in [0, 0.1) is 2.88 Å². The highest BCUT2D eigenvalue weighted by molar-refractivity contribution is 14.1. The first kappa shape index (κ1) is 16.1. The molecular weight excluding hydrogens is 359 g/mol. The normalized spacial score (nSPS) is 11.7. The third kappa shape index (κ3) is 6.67. The van der Waals surface area contributed by atoms with Gasteiger partial charge in [0.2, 0.25) is 5.91 Å². The van der Waals surface area contributed by atoms with Crippen molar-refractivity contribution in [2.75, 3.05) is 6.54 Å². The van der Waals surface area contributed by atoms with E-state index in [0.29, 0.717) is 13.0 Å². The summed E-state index contributed by atoms with van der Waals surface area (Å²) in [5.41, 5.74) is 5.52. The minimum absolute atomic E-state index is 0. The minimum atomic E-state index is -0.0623. The topological polar surface area (TPSA) is 55.1 Å². The largest absolute Gasteiger partial charge is 0.356 e. The summed E-state index contributed by atoms with van der Waals surface area (Å²) in [6.07, 6.45) is 1.31. The predicted octanol–water partition coefficient (Wildman–Crippen LogP) is 2.17. The Morgan fingerprint density at radius 3 is 2.81 bits per heavy atom. The van der Waals surface area contributed by atoms with Gasteiger partial charge < -0.3 is 11.1 Å². The Balaban J connectivity index is 0.00000225. The highest BCUT2D eigenvalue weighted by Gasteiger charge is 2.04. The zero-order valence-electron chi connectivity index (χ0n) is 9.03. The van der Waals surface area contributed by atoms with Crippen molar-refractivity contribution in [2.24, 2.45) is 5.73 Å². The van der Waals surface area contributed by atoms with E-state index in [1.807, 2.05) is 6.92 Å². The molecule has 0 aromatic carbocycles. The summed E-state index contributed by atoms with van der Waals surface area (Å²) in [5.74, 6) is 0.0382. The van der Waals surface area contributed by atoms with E-state index < -0.39 is 0 Å². The summed E-state index contributed by atoms with van der Waals surface area (Å²) >= 11 is 4.06. The van der Waals surface area contributed by atoms with E-state index in [2.05, 4.69) is 40.0 Å². The van der Waals surface area contributed by atoms with Gasteiger partial charge in [0.15, 0.2) is 0 Å². The third-order valence-corrected chi connectivity index (χ3v) is 3.78. The molecule has 16 heavy (non-hydrogen) atoms. The number of rotatable bonds is 5. The van der Waals surface area contributed by atoms with Gasteiger partial charge in [-0.1, -0.05) is 0 Å². The second kappa shape index (κ2) is 8.27. The molecule has 3 nitrogen and oxygen atoms in total. The monoisotopic (exact) mass is 374 g/mol. The molecule has 1 amide bonds. The van der Waals surface area contributed by atoms with Gasteiger partial charge in [-0.15, -0.1) is 23.7 Å². The van der Waals surface area contributed by atoms with Gasteiger partial charge in [0.25, 0.3) is 0 Å². The molecule has 0 saturated carbocycles. The first-order valence-electron chi connectivity index (χ1n) is 4.84. The van der Waals surface area contributed by atoms with Gasteiger partial charge in [0.1, 0.15) is 0 Å². The lowest BCUT2D eigenvalue weighted by molar-refractivity contribution is -0.121. The van der Waals surface area contributed by atoms with Crippen LogP contribution in [0.15, 0.2) is 12.1 Å². The molecule has 1 heterocycles. The number of amides is 1. The maximum absolute atomic E-state index is 11.3. The first-order valence-corrected chi connectivity index (χ1v) is 6.74. The smallest absolute Gasteiger partial charge is 0.221 e. The fourth-order valence-electron chi connectivity index (χ4n) is 1.18. The van der Waals surface area contributed by atoms with Crippen molar-refractivity contribution in [3.05, 3.63) is 19.9 Å². The van der Waals surface area contributed by atoms with Crippen molar-refractivity contribution < 1.29 is 4.79 Å². The number of hydrogen-bond acceptors (Lipinski definition) is 3. The summed E-state index contributed by atoms with van der Waals surface area (Å²) in [4.78, 5) is 12.6. The summed E-state index contributed by atoms with van der Waals surface area (Å²) in [7, 11) is 0. The van der Waals surface area contributed by atoms with Gasteiger partial charge in [0.05, 0.1) is 2.88 Å². The van der Waals surface area contributed by atoms with E-state index in [9.17, 15) is 4.79 Å². The van der Waals surface area contributed by atoms with Crippen LogP contribution in [-0.4, -0.2) is 18.5 Å². The number of nitrogens with two attached hydrogens (primary N) is 1. The van der Waals surface area contributed by atoms with Gasteiger partial charge in [-0.05, 0) is 48.1 Å². The van der Waals surface area contributed by atoms with Gasteiger partial charge in [-0.3, -0.25) is 4.79 Å². The van der Waals surface area contributed by atoms with E-state index in [4.69, 9.17) is 5.73 Å². The Morgan fingerprint density at radius 1 is 1.62 bits per heavy atom. The molecule has 3 N–H and O–H groups in total. The van der Waals surface area contributed by atoms with Gasteiger partial charge >= 0.3 is 0 Å². The van der Waals surface area contributed by atoms with Crippen molar-refractivity contribution in [3.63, 3.8) is 0 Å². The molecule has 1 unspecified atom stereocenters. The van der Waals surface area contributed by atoms with Gasteiger partial charge in [-0.25, -0.2) is 0 Å². The molecule has 1 atom stereocenters. The number of carbonyl (C=O) groups is 1. The van der Waals surface area contributed by atoms with Crippen LogP contribution in [-0.2, 0) is 11.2 Å². The van der Waals surface area contributed by atoms with E-state index in [1.54, 1.807) is 11.3 Å². The average Bonchev–Trinajstić information content (AvgIpc) is 2.50. The van der Waals surface area contributed by atoms with E-state index >= 15 is 0 Å². The zero-order valence-corrected chi connectivity index (χ0v) is 12.8. The molecule has 6 heteroatoms. The highest BCUT2D eigenvalue weighted by atomic mass is 127. The minimum Gasteiger partial charge on any atom is -0.356 e. The number of halogens is 2. The molecule has 0 spiro atoms. The second-order valence-electron chi connectivity index (χ2n) is 3.49. The molecule has 0 radical (unpaired) electrons. The van der Waals surface area contributed by atoms with Crippen molar-refractivity contribution in [2.45, 2.75) is 25.8 Å². The average molecular weight is 375 g/mol. The Hall–Kier alpha value is 0.150. The summed E-state index contributed by atoms with van der Waals surface area (Å²) < 4.78 is 1.28. The fourth-order valence-corrected chi connectivity index (χ4v) is 2.93. The maximum atomic E-state index is 11.3. The van der Waals surface area contributed by atoms with E-state index in [1.165, 1.54) is 7.76 Å². The predicted molar refractivity (Wildman–Crippen MR) is 79.3 cm³/mol. The summed E-state index contributed by atoms with van der Waals surface area (Å²) in [5, 5.41) is 2.86. The van der Waals surface area contributed by atoms with E-state index in [-0.39, 0.29) is 24.4 Å². The Morgan fingerprint density at radius 2 is 2.31 bits per heavy atom. The molecule has 0 aliphatic rings. The van der Waals surface area contributed by atoms with Crippen molar-refractivity contribution >= 4 is 52.2 Å². The molecule has 1 aromatic rings. The molecular formula is C10H16ClIN2OS. The summed E-state index contributed by atoms with van der Waals surface area (Å²) in [6, 6.07) is 4.13. The Labute approximate surface area is 120 Å². The van der Waals surface area contributed by atoms with Crippen LogP contribution in [0.25, 0.3) is 0 Å². The van der Waals surface area contributed by atoms with Crippen molar-refractivity contribution in [1.29, 1.82) is 0 Å². The molecule has 0 saturated heterocycles. The molecule has 0 bridgehead atoms. The standard InChI is InChI=1S/C10H15IN2OS.ClH/c1-7(12)6-10(14)13-5-4-8-2-3-9(11)15-8;/h2-3,7H,4-6,12H2,1H3,(H,13,14);1H. The van der Waals surface area contributed by atoms with Crippen LogP contribution in [0.4, 0.5) is 0 Å². The lowest BCUT2D eigenvalue weighted by Gasteiger charge is -2.06. The molecule has 0 aliphatic heterocycles. The maximum Gasteiger partial charge on any atom is 0.221 e. The van der Waals surface area contributed by atoms with E-state index in [0.717, 1.165) is 6.42 Å². The number of hydrogen-bond donors (Lipinski definition) is 2. The fraction of sp³-hybridized carbons (Fsp3) is 0.500. The lowest BCUT2D eigenvalue weighted by Crippen LogP contribution is -2.31. The number of nitrogens with one attached hydrogen (secondary N) is 1. The molecule has 1 rings (SSSR count). The second-order valence-corrected chi connectivity index (χ2v) is 6.55. The van der Waals surface area contributed by atoms with Crippen molar-refractivity contribution in [1.82, 2.24) is 5.32 Å². The quantitative estimate of drug-likeness (QED) is 0.776. The highest BCUT2D eigenvalue weighted by Crippen LogP contribution is 2.18. The van der Waals surface area contributed by atoms with Crippen LogP contribution < -0.4 is 11.1 Å². The zero-order chi connectivity index (χ0) is 11.3. The molecule has 0 aliphatic carbocycles. The lowest BCUT2D eigenvalue weighted by atomic mass is 10.2. The SMILES string of the molecule is CC(N)CC(=O)NCCc1ccc(I)s1.Cl.